The molecule has 4 aromatic rings. The Bertz CT molecular complexity index is 1520. The van der Waals surface area contributed by atoms with Gasteiger partial charge in [0.05, 0.1) is 11.3 Å². The van der Waals surface area contributed by atoms with E-state index >= 15 is 0 Å². The van der Waals surface area contributed by atoms with Crippen LogP contribution in [0.15, 0.2) is 34.8 Å². The fourth-order valence-electron chi connectivity index (χ4n) is 4.04. The highest BCUT2D eigenvalue weighted by molar-refractivity contribution is 9.10. The van der Waals surface area contributed by atoms with Crippen molar-refractivity contribution in [2.45, 2.75) is 31.9 Å². The number of carbonyl (C=O) groups excluding carboxylic acids is 1. The Morgan fingerprint density at radius 1 is 1.23 bits per heavy atom. The van der Waals surface area contributed by atoms with Crippen LogP contribution in [0.4, 0.5) is 18.2 Å². The molecule has 0 fully saturated rings. The molecule has 0 unspecified atom stereocenters. The fraction of sp³-hybridized carbons (Fsp3) is 0.217. The van der Waals surface area contributed by atoms with Crippen LogP contribution in [0.5, 0.6) is 0 Å². The number of rotatable bonds is 3. The Morgan fingerprint density at radius 2 is 1.94 bits per heavy atom. The van der Waals surface area contributed by atoms with Crippen molar-refractivity contribution in [2.24, 2.45) is 0 Å². The van der Waals surface area contributed by atoms with Crippen LogP contribution in [-0.2, 0) is 19.0 Å². The fourth-order valence-corrected chi connectivity index (χ4v) is 5.79. The van der Waals surface area contributed by atoms with Gasteiger partial charge >= 0.3 is 6.18 Å². The number of nitrogens with zero attached hydrogens (tertiary/aromatic N) is 4. The summed E-state index contributed by atoms with van der Waals surface area (Å²) in [5, 5.41) is 16.1. The normalized spacial score (nSPS) is 13.5. The van der Waals surface area contributed by atoms with Crippen LogP contribution < -0.4 is 5.32 Å². The van der Waals surface area contributed by atoms with E-state index in [0.29, 0.717) is 20.6 Å². The quantitative estimate of drug-likeness (QED) is 0.286. The molecule has 0 radical (unpaired) electrons. The van der Waals surface area contributed by atoms with Gasteiger partial charge in [0, 0.05) is 14.9 Å². The summed E-state index contributed by atoms with van der Waals surface area (Å²) in [6, 6.07) is 9.58. The van der Waals surface area contributed by atoms with Gasteiger partial charge < -0.3 is 5.32 Å². The van der Waals surface area contributed by atoms with E-state index in [4.69, 9.17) is 11.6 Å². The van der Waals surface area contributed by atoms with Gasteiger partial charge in [-0.15, -0.1) is 11.3 Å². The average molecular weight is 581 g/mol. The molecule has 1 aliphatic rings. The number of carbonyl (C=O) groups is 1. The van der Waals surface area contributed by atoms with E-state index < -0.39 is 23.5 Å². The molecule has 3 aromatic heterocycles. The number of aryl methyl sites for hydroxylation is 1. The molecule has 1 aliphatic carbocycles. The molecule has 0 atom stereocenters. The number of anilines is 1. The third kappa shape index (κ3) is 4.30. The first-order valence-corrected chi connectivity index (χ1v) is 12.4. The lowest BCUT2D eigenvalue weighted by Gasteiger charge is -2.11. The molecule has 12 heteroatoms. The Kier molecular flexibility index (Phi) is 6.07. The summed E-state index contributed by atoms with van der Waals surface area (Å²) in [6.45, 7) is 0. The number of nitriles is 1. The van der Waals surface area contributed by atoms with Gasteiger partial charge in [-0.2, -0.15) is 23.5 Å². The molecule has 6 nitrogen and oxygen atoms in total. The zero-order valence-corrected chi connectivity index (χ0v) is 20.9. The third-order valence-electron chi connectivity index (χ3n) is 5.69. The van der Waals surface area contributed by atoms with E-state index in [-0.39, 0.29) is 16.4 Å². The van der Waals surface area contributed by atoms with Crippen LogP contribution in [0.1, 0.15) is 45.0 Å². The second-order valence-corrected chi connectivity index (χ2v) is 10.3. The predicted molar refractivity (Wildman–Crippen MR) is 130 cm³/mol. The number of amides is 1. The molecule has 178 valence electrons. The molecule has 0 spiro atoms. The van der Waals surface area contributed by atoms with E-state index in [2.05, 4.69) is 37.4 Å². The van der Waals surface area contributed by atoms with E-state index in [1.807, 2.05) is 0 Å². The Labute approximate surface area is 214 Å². The number of hydrogen-bond donors (Lipinski definition) is 1. The van der Waals surface area contributed by atoms with Crippen LogP contribution in [0.2, 0.25) is 5.02 Å². The zero-order chi connectivity index (χ0) is 24.9. The maximum absolute atomic E-state index is 13.9. The molecule has 1 N–H and O–H groups in total. The largest absolute Gasteiger partial charge is 0.433 e. The first kappa shape index (κ1) is 23.8. The first-order valence-electron chi connectivity index (χ1n) is 10.5. The van der Waals surface area contributed by atoms with Gasteiger partial charge in [0.25, 0.3) is 5.91 Å². The molecule has 1 amide bonds. The smallest absolute Gasteiger partial charge is 0.311 e. The number of hydrogen-bond acceptors (Lipinski definition) is 5. The zero-order valence-electron chi connectivity index (χ0n) is 17.7. The highest BCUT2D eigenvalue weighted by atomic mass is 79.9. The van der Waals surface area contributed by atoms with Gasteiger partial charge in [0.15, 0.2) is 17.0 Å². The predicted octanol–water partition coefficient (Wildman–Crippen LogP) is 6.90. The van der Waals surface area contributed by atoms with Gasteiger partial charge in [-0.25, -0.2) is 9.50 Å². The Morgan fingerprint density at radius 3 is 2.63 bits per heavy atom. The molecule has 0 saturated heterocycles. The maximum atomic E-state index is 13.9. The average Bonchev–Trinajstić information content (AvgIpc) is 3.35. The number of alkyl halides is 3. The molecule has 5 rings (SSSR count). The summed E-state index contributed by atoms with van der Waals surface area (Å²) >= 11 is 10.9. The van der Waals surface area contributed by atoms with Crippen molar-refractivity contribution in [2.75, 3.05) is 5.32 Å². The lowest BCUT2D eigenvalue weighted by molar-refractivity contribution is -0.142. The van der Waals surface area contributed by atoms with E-state index in [9.17, 15) is 23.2 Å². The number of aromatic nitrogens is 3. The molecule has 0 bridgehead atoms. The summed E-state index contributed by atoms with van der Waals surface area (Å²) in [5.74, 6) is -0.811. The second kappa shape index (κ2) is 8.93. The minimum atomic E-state index is -4.78. The SMILES string of the molecule is N#Cc1c(NC(=O)c2nn3c(C(F)(F)F)cc(-c4ccc(Br)cc4)nc3c2Cl)sc2c1CCCC2. The van der Waals surface area contributed by atoms with Crippen LogP contribution in [-0.4, -0.2) is 20.5 Å². The van der Waals surface area contributed by atoms with Gasteiger partial charge in [0.1, 0.15) is 16.1 Å². The molecule has 3 heterocycles. The van der Waals surface area contributed by atoms with Gasteiger partial charge in [-0.3, -0.25) is 4.79 Å². The van der Waals surface area contributed by atoms with E-state index in [1.165, 1.54) is 11.3 Å². The molecular formula is C23H14BrClF3N5OS. The highest BCUT2D eigenvalue weighted by Gasteiger charge is 2.37. The minimum Gasteiger partial charge on any atom is -0.311 e. The molecule has 0 aliphatic heterocycles. The van der Waals surface area contributed by atoms with Crippen molar-refractivity contribution in [1.29, 1.82) is 5.26 Å². The van der Waals surface area contributed by atoms with Gasteiger partial charge in [-0.1, -0.05) is 39.7 Å². The topological polar surface area (TPSA) is 83.1 Å². The van der Waals surface area contributed by atoms with Crippen LogP contribution in [0, 0.1) is 11.3 Å². The van der Waals surface area contributed by atoms with Crippen molar-refractivity contribution in [3.8, 4) is 17.3 Å². The van der Waals surface area contributed by atoms with Crippen molar-refractivity contribution in [1.82, 2.24) is 14.6 Å². The number of fused-ring (bicyclic) bond motifs is 2. The van der Waals surface area contributed by atoms with Crippen LogP contribution in [0.3, 0.4) is 0 Å². The maximum Gasteiger partial charge on any atom is 0.433 e. The Balaban J connectivity index is 1.60. The lowest BCUT2D eigenvalue weighted by atomic mass is 9.96. The Hall–Kier alpha value is -2.94. The lowest BCUT2D eigenvalue weighted by Crippen LogP contribution is -2.16. The number of halogens is 5. The summed E-state index contributed by atoms with van der Waals surface area (Å²) in [7, 11) is 0. The summed E-state index contributed by atoms with van der Waals surface area (Å²) in [6.07, 6.45) is -1.27. The highest BCUT2D eigenvalue weighted by Crippen LogP contribution is 2.39. The van der Waals surface area contributed by atoms with E-state index in [1.54, 1.807) is 24.3 Å². The molecular weight excluding hydrogens is 567 g/mol. The molecule has 35 heavy (non-hydrogen) atoms. The van der Waals surface area contributed by atoms with Crippen molar-refractivity contribution in [3.05, 3.63) is 67.2 Å². The summed E-state index contributed by atoms with van der Waals surface area (Å²) in [5.41, 5.74) is -0.0601. The monoisotopic (exact) mass is 579 g/mol. The van der Waals surface area contributed by atoms with Crippen LogP contribution in [0.25, 0.3) is 16.9 Å². The number of nitrogens with one attached hydrogen (secondary N) is 1. The van der Waals surface area contributed by atoms with Crippen molar-refractivity contribution >= 4 is 55.4 Å². The molecule has 0 saturated carbocycles. The van der Waals surface area contributed by atoms with Crippen molar-refractivity contribution < 1.29 is 18.0 Å². The van der Waals surface area contributed by atoms with Crippen molar-refractivity contribution in [3.63, 3.8) is 0 Å². The minimum absolute atomic E-state index is 0.0313. The third-order valence-corrected chi connectivity index (χ3v) is 7.77. The first-order chi connectivity index (χ1) is 16.7. The molecule has 1 aromatic carbocycles. The van der Waals surface area contributed by atoms with Gasteiger partial charge in [-0.05, 0) is 49.4 Å². The van der Waals surface area contributed by atoms with E-state index in [0.717, 1.165) is 46.7 Å². The summed E-state index contributed by atoms with van der Waals surface area (Å²) in [4.78, 5) is 18.4. The summed E-state index contributed by atoms with van der Waals surface area (Å²) < 4.78 is 43.1. The van der Waals surface area contributed by atoms with Gasteiger partial charge in [0.2, 0.25) is 0 Å². The second-order valence-electron chi connectivity index (χ2n) is 7.91. The standard InChI is InChI=1S/C23H14BrClF3N5OS/c24-12-7-5-11(6-8-12)15-9-17(23(26,27)28)33-20(30-15)18(25)19(32-33)21(34)31-22-14(10-29)13-3-1-2-4-16(13)35-22/h5-9H,1-4H2,(H,31,34). The van der Waals surface area contributed by atoms with Crippen LogP contribution >= 0.6 is 38.9 Å². The number of thiophene rings is 1. The number of benzene rings is 1.